The topological polar surface area (TPSA) is 41.6 Å². The van der Waals surface area contributed by atoms with E-state index >= 15 is 0 Å². The van der Waals surface area contributed by atoms with Crippen molar-refractivity contribution in [1.29, 1.82) is 0 Å². The lowest BCUT2D eigenvalue weighted by molar-refractivity contribution is -0.137. The predicted molar refractivity (Wildman–Crippen MR) is 105 cm³/mol. The zero-order chi connectivity index (χ0) is 18.2. The number of nitrogens with one attached hydrogen (secondary N) is 1. The minimum absolute atomic E-state index is 0.0737. The predicted octanol–water partition coefficient (Wildman–Crippen LogP) is 3.90. The van der Waals surface area contributed by atoms with Crippen LogP contribution in [-0.4, -0.2) is 42.1 Å². The number of carbonyl (C=O) groups is 1. The van der Waals surface area contributed by atoms with Gasteiger partial charge in [0.25, 0.3) is 0 Å². The molecule has 2 fully saturated rings. The summed E-state index contributed by atoms with van der Waals surface area (Å²) in [5, 5.41) is 3.19. The third-order valence-corrected chi connectivity index (χ3v) is 5.81. The average Bonchev–Trinajstić information content (AvgIpc) is 3.19. The number of nitrogens with zero attached hydrogens (tertiary/aromatic N) is 1. The molecule has 0 radical (unpaired) electrons. The van der Waals surface area contributed by atoms with Crippen LogP contribution < -0.4 is 5.32 Å². The van der Waals surface area contributed by atoms with Crippen molar-refractivity contribution in [2.24, 2.45) is 0 Å². The second-order valence-electron chi connectivity index (χ2n) is 7.79. The molecule has 4 heteroatoms. The summed E-state index contributed by atoms with van der Waals surface area (Å²) in [6.45, 7) is 4.86. The van der Waals surface area contributed by atoms with E-state index in [2.05, 4.69) is 40.5 Å². The van der Waals surface area contributed by atoms with E-state index in [1.807, 2.05) is 6.92 Å². The summed E-state index contributed by atoms with van der Waals surface area (Å²) in [6.07, 6.45) is 9.10. The summed E-state index contributed by atoms with van der Waals surface area (Å²) in [6, 6.07) is 11.1. The molecule has 1 amide bonds. The van der Waals surface area contributed by atoms with Gasteiger partial charge in [-0.3, -0.25) is 9.69 Å². The Morgan fingerprint density at radius 2 is 1.88 bits per heavy atom. The van der Waals surface area contributed by atoms with Crippen LogP contribution >= 0.6 is 0 Å². The largest absolute Gasteiger partial charge is 0.365 e. The zero-order valence-corrected chi connectivity index (χ0v) is 16.2. The van der Waals surface area contributed by atoms with Crippen molar-refractivity contribution in [2.45, 2.75) is 83.1 Å². The van der Waals surface area contributed by atoms with Crippen molar-refractivity contribution in [1.82, 2.24) is 10.2 Å². The van der Waals surface area contributed by atoms with E-state index in [-0.39, 0.29) is 18.1 Å². The first-order valence-corrected chi connectivity index (χ1v) is 10.5. The maximum atomic E-state index is 12.6. The lowest BCUT2D eigenvalue weighted by Gasteiger charge is -2.36. The van der Waals surface area contributed by atoms with E-state index in [0.29, 0.717) is 6.04 Å². The smallest absolute Gasteiger partial charge is 0.249 e. The van der Waals surface area contributed by atoms with Crippen molar-refractivity contribution in [2.75, 3.05) is 13.1 Å². The van der Waals surface area contributed by atoms with Crippen LogP contribution in [0.1, 0.15) is 63.9 Å². The van der Waals surface area contributed by atoms with Gasteiger partial charge in [0, 0.05) is 19.1 Å². The van der Waals surface area contributed by atoms with E-state index in [4.69, 9.17) is 4.74 Å². The standard InChI is InChI=1S/C22H34N2O2/c1-2-21(26-20-13-6-7-14-20)22(25)23-16-19-12-8-9-15-24(19)17-18-10-4-3-5-11-18/h3-5,10-11,19-21H,2,6-9,12-17H2,1H3,(H,23,25). The minimum Gasteiger partial charge on any atom is -0.365 e. The third kappa shape index (κ3) is 5.55. The van der Waals surface area contributed by atoms with Crippen LogP contribution in [0.3, 0.4) is 0 Å². The molecule has 4 nitrogen and oxygen atoms in total. The normalized spacial score (nSPS) is 23.0. The van der Waals surface area contributed by atoms with Gasteiger partial charge in [-0.2, -0.15) is 0 Å². The summed E-state index contributed by atoms with van der Waals surface area (Å²) < 4.78 is 6.06. The summed E-state index contributed by atoms with van der Waals surface area (Å²) in [5.74, 6) is 0.0737. The first-order chi connectivity index (χ1) is 12.8. The van der Waals surface area contributed by atoms with Gasteiger partial charge in [0.15, 0.2) is 0 Å². The van der Waals surface area contributed by atoms with Crippen molar-refractivity contribution in [3.8, 4) is 0 Å². The van der Waals surface area contributed by atoms with Crippen LogP contribution in [0.2, 0.25) is 0 Å². The van der Waals surface area contributed by atoms with Gasteiger partial charge < -0.3 is 10.1 Å². The molecule has 1 aliphatic heterocycles. The van der Waals surface area contributed by atoms with E-state index in [0.717, 1.165) is 45.3 Å². The molecular weight excluding hydrogens is 324 g/mol. The maximum absolute atomic E-state index is 12.6. The summed E-state index contributed by atoms with van der Waals surface area (Å²) in [4.78, 5) is 15.1. The van der Waals surface area contributed by atoms with Crippen LogP contribution in [-0.2, 0) is 16.1 Å². The fourth-order valence-electron chi connectivity index (χ4n) is 4.25. The van der Waals surface area contributed by atoms with Crippen molar-refractivity contribution in [3.05, 3.63) is 35.9 Å². The van der Waals surface area contributed by atoms with E-state index in [9.17, 15) is 4.79 Å². The monoisotopic (exact) mass is 358 g/mol. The van der Waals surface area contributed by atoms with Crippen LogP contribution in [0.25, 0.3) is 0 Å². The molecule has 1 aromatic carbocycles. The number of hydrogen-bond acceptors (Lipinski definition) is 3. The van der Waals surface area contributed by atoms with Gasteiger partial charge in [-0.15, -0.1) is 0 Å². The molecule has 2 atom stereocenters. The molecule has 0 aromatic heterocycles. The molecule has 1 aromatic rings. The lowest BCUT2D eigenvalue weighted by Crippen LogP contribution is -2.48. The second kappa shape index (κ2) is 10.1. The second-order valence-corrected chi connectivity index (χ2v) is 7.79. The summed E-state index contributed by atoms with van der Waals surface area (Å²) >= 11 is 0. The van der Waals surface area contributed by atoms with E-state index in [1.165, 1.54) is 31.2 Å². The van der Waals surface area contributed by atoms with Crippen molar-refractivity contribution < 1.29 is 9.53 Å². The summed E-state index contributed by atoms with van der Waals surface area (Å²) in [7, 11) is 0. The molecule has 1 saturated carbocycles. The average molecular weight is 359 g/mol. The van der Waals surface area contributed by atoms with Gasteiger partial charge in [-0.25, -0.2) is 0 Å². The molecular formula is C22H34N2O2. The molecule has 2 aliphatic rings. The van der Waals surface area contributed by atoms with Crippen molar-refractivity contribution >= 4 is 5.91 Å². The van der Waals surface area contributed by atoms with Gasteiger partial charge in [0.1, 0.15) is 6.10 Å². The highest BCUT2D eigenvalue weighted by Gasteiger charge is 2.27. The Balaban J connectivity index is 1.49. The molecule has 26 heavy (non-hydrogen) atoms. The zero-order valence-electron chi connectivity index (χ0n) is 16.2. The molecule has 1 N–H and O–H groups in total. The van der Waals surface area contributed by atoms with Gasteiger partial charge in [0.05, 0.1) is 6.10 Å². The van der Waals surface area contributed by atoms with Crippen LogP contribution in [0.5, 0.6) is 0 Å². The first-order valence-electron chi connectivity index (χ1n) is 10.5. The maximum Gasteiger partial charge on any atom is 0.249 e. The first kappa shape index (κ1) is 19.4. The molecule has 0 spiro atoms. The van der Waals surface area contributed by atoms with Gasteiger partial charge in [0.2, 0.25) is 5.91 Å². The number of amides is 1. The number of likely N-dealkylation sites (tertiary alicyclic amines) is 1. The Bertz CT molecular complexity index is 542. The van der Waals surface area contributed by atoms with Gasteiger partial charge in [-0.05, 0) is 44.2 Å². The number of benzene rings is 1. The Morgan fingerprint density at radius 3 is 2.62 bits per heavy atom. The van der Waals surface area contributed by atoms with Gasteiger partial charge >= 0.3 is 0 Å². The van der Waals surface area contributed by atoms with Crippen LogP contribution in [0.15, 0.2) is 30.3 Å². The molecule has 1 saturated heterocycles. The van der Waals surface area contributed by atoms with E-state index in [1.54, 1.807) is 0 Å². The molecule has 2 unspecified atom stereocenters. The third-order valence-electron chi connectivity index (χ3n) is 5.81. The summed E-state index contributed by atoms with van der Waals surface area (Å²) in [5.41, 5.74) is 1.35. The number of ether oxygens (including phenoxy) is 1. The van der Waals surface area contributed by atoms with Crippen LogP contribution in [0, 0.1) is 0 Å². The fourth-order valence-corrected chi connectivity index (χ4v) is 4.25. The number of piperidine rings is 1. The SMILES string of the molecule is CCC(OC1CCCC1)C(=O)NCC1CCCCN1Cc1ccccc1. The Labute approximate surface area is 158 Å². The highest BCUT2D eigenvalue weighted by atomic mass is 16.5. The molecule has 1 aliphatic carbocycles. The minimum atomic E-state index is -0.288. The number of hydrogen-bond donors (Lipinski definition) is 1. The molecule has 0 bridgehead atoms. The van der Waals surface area contributed by atoms with Crippen LogP contribution in [0.4, 0.5) is 0 Å². The highest BCUT2D eigenvalue weighted by Crippen LogP contribution is 2.23. The molecule has 3 rings (SSSR count). The van der Waals surface area contributed by atoms with Gasteiger partial charge in [-0.1, -0.05) is 56.5 Å². The Morgan fingerprint density at radius 1 is 1.15 bits per heavy atom. The highest BCUT2D eigenvalue weighted by molar-refractivity contribution is 5.80. The number of carbonyl (C=O) groups excluding carboxylic acids is 1. The Hall–Kier alpha value is -1.39. The molecule has 144 valence electrons. The number of rotatable bonds is 8. The Kier molecular flexibility index (Phi) is 7.51. The quantitative estimate of drug-likeness (QED) is 0.766. The van der Waals surface area contributed by atoms with Crippen molar-refractivity contribution in [3.63, 3.8) is 0 Å². The van der Waals surface area contributed by atoms with E-state index < -0.39 is 0 Å². The fraction of sp³-hybridized carbons (Fsp3) is 0.682. The lowest BCUT2D eigenvalue weighted by atomic mass is 10.0. The molecule has 1 heterocycles.